The largest absolute Gasteiger partial charge is 0.464 e. The topological polar surface area (TPSA) is 38.3 Å². The summed E-state index contributed by atoms with van der Waals surface area (Å²) in [5, 5.41) is 3.12. The van der Waals surface area contributed by atoms with Gasteiger partial charge in [-0.2, -0.15) is 0 Å². The van der Waals surface area contributed by atoms with Crippen LogP contribution in [0.1, 0.15) is 13.3 Å². The highest BCUT2D eigenvalue weighted by Gasteiger charge is 2.17. The van der Waals surface area contributed by atoms with Gasteiger partial charge in [0.15, 0.2) is 0 Å². The van der Waals surface area contributed by atoms with E-state index in [1.807, 2.05) is 30.3 Å². The third kappa shape index (κ3) is 3.77. The molecular weight excluding hydrogens is 202 g/mol. The monoisotopic (exact) mass is 219 g/mol. The maximum Gasteiger partial charge on any atom is 0.328 e. The van der Waals surface area contributed by atoms with Gasteiger partial charge in [-0.1, -0.05) is 24.3 Å². The van der Waals surface area contributed by atoms with Gasteiger partial charge in [-0.25, -0.2) is 4.79 Å². The Hall–Kier alpha value is -1.77. The first-order valence-corrected chi connectivity index (χ1v) is 5.37. The van der Waals surface area contributed by atoms with Crippen LogP contribution in [0.15, 0.2) is 43.0 Å². The second-order valence-electron chi connectivity index (χ2n) is 3.34. The molecule has 0 radical (unpaired) electrons. The van der Waals surface area contributed by atoms with Crippen molar-refractivity contribution in [3.05, 3.63) is 43.0 Å². The molecule has 1 N–H and O–H groups in total. The van der Waals surface area contributed by atoms with Crippen molar-refractivity contribution in [1.82, 2.24) is 0 Å². The first kappa shape index (κ1) is 12.3. The molecule has 1 aromatic rings. The zero-order valence-electron chi connectivity index (χ0n) is 9.48. The van der Waals surface area contributed by atoms with E-state index in [1.54, 1.807) is 13.0 Å². The second-order valence-corrected chi connectivity index (χ2v) is 3.34. The normalized spacial score (nSPS) is 11.6. The van der Waals surface area contributed by atoms with Crippen molar-refractivity contribution >= 4 is 11.7 Å². The summed E-state index contributed by atoms with van der Waals surface area (Å²) in [5.41, 5.74) is 0.905. The molecule has 1 atom stereocenters. The molecule has 0 aromatic heterocycles. The van der Waals surface area contributed by atoms with E-state index >= 15 is 0 Å². The Bertz CT molecular complexity index is 335. The van der Waals surface area contributed by atoms with E-state index in [2.05, 4.69) is 11.9 Å². The van der Waals surface area contributed by atoms with E-state index in [1.165, 1.54) is 0 Å². The van der Waals surface area contributed by atoms with Crippen LogP contribution in [0.25, 0.3) is 0 Å². The summed E-state index contributed by atoms with van der Waals surface area (Å²) >= 11 is 0. The van der Waals surface area contributed by atoms with Crippen molar-refractivity contribution in [1.29, 1.82) is 0 Å². The number of esters is 1. The predicted octanol–water partition coefficient (Wildman–Crippen LogP) is 2.61. The van der Waals surface area contributed by atoms with Crippen molar-refractivity contribution in [2.75, 3.05) is 11.9 Å². The first-order valence-electron chi connectivity index (χ1n) is 5.37. The summed E-state index contributed by atoms with van der Waals surface area (Å²) in [6.07, 6.45) is 2.26. The molecule has 1 unspecified atom stereocenters. The molecule has 3 heteroatoms. The summed E-state index contributed by atoms with van der Waals surface area (Å²) in [5.74, 6) is -0.244. The van der Waals surface area contributed by atoms with Gasteiger partial charge in [0.2, 0.25) is 0 Å². The summed E-state index contributed by atoms with van der Waals surface area (Å²) in [6, 6.07) is 9.22. The molecule has 0 heterocycles. The van der Waals surface area contributed by atoms with Crippen LogP contribution in [0.2, 0.25) is 0 Å². The molecule has 1 aromatic carbocycles. The van der Waals surface area contributed by atoms with Gasteiger partial charge in [0.25, 0.3) is 0 Å². The molecule has 86 valence electrons. The molecule has 3 nitrogen and oxygen atoms in total. The number of anilines is 1. The van der Waals surface area contributed by atoms with Crippen molar-refractivity contribution in [2.45, 2.75) is 19.4 Å². The van der Waals surface area contributed by atoms with Crippen LogP contribution < -0.4 is 5.32 Å². The molecule has 16 heavy (non-hydrogen) atoms. The average Bonchev–Trinajstić information content (AvgIpc) is 2.30. The molecule has 0 aliphatic carbocycles. The minimum Gasteiger partial charge on any atom is -0.464 e. The Labute approximate surface area is 96.1 Å². The Morgan fingerprint density at radius 3 is 2.75 bits per heavy atom. The van der Waals surface area contributed by atoms with E-state index in [0.29, 0.717) is 13.0 Å². The van der Waals surface area contributed by atoms with Crippen LogP contribution in [0.3, 0.4) is 0 Å². The third-order valence-corrected chi connectivity index (χ3v) is 2.09. The van der Waals surface area contributed by atoms with Crippen LogP contribution in [0, 0.1) is 0 Å². The van der Waals surface area contributed by atoms with Crippen molar-refractivity contribution < 1.29 is 9.53 Å². The van der Waals surface area contributed by atoms with Crippen molar-refractivity contribution in [2.24, 2.45) is 0 Å². The second kappa shape index (κ2) is 6.67. The van der Waals surface area contributed by atoms with Gasteiger partial charge in [0, 0.05) is 5.69 Å². The van der Waals surface area contributed by atoms with Crippen molar-refractivity contribution in [3.8, 4) is 0 Å². The number of hydrogen-bond acceptors (Lipinski definition) is 3. The molecule has 0 amide bonds. The minimum atomic E-state index is -0.361. The standard InChI is InChI=1S/C13H17NO2/c1-3-8-12(13(15)16-4-2)14-11-9-6-5-7-10-11/h3,5-7,9-10,12,14H,1,4,8H2,2H3. The lowest BCUT2D eigenvalue weighted by atomic mass is 10.2. The Balaban J connectivity index is 2.64. The zero-order chi connectivity index (χ0) is 11.8. The third-order valence-electron chi connectivity index (χ3n) is 2.09. The zero-order valence-corrected chi connectivity index (χ0v) is 9.48. The number of ether oxygens (including phenoxy) is 1. The average molecular weight is 219 g/mol. The smallest absolute Gasteiger partial charge is 0.328 e. The van der Waals surface area contributed by atoms with E-state index in [0.717, 1.165) is 5.69 Å². The fraction of sp³-hybridized carbons (Fsp3) is 0.308. The summed E-state index contributed by atoms with van der Waals surface area (Å²) < 4.78 is 4.98. The van der Waals surface area contributed by atoms with Gasteiger partial charge in [0.05, 0.1) is 6.61 Å². The quantitative estimate of drug-likeness (QED) is 0.590. The number of rotatable bonds is 6. The lowest BCUT2D eigenvalue weighted by Crippen LogP contribution is -2.30. The SMILES string of the molecule is C=CCC(Nc1ccccc1)C(=O)OCC. The van der Waals surface area contributed by atoms with Crippen molar-refractivity contribution in [3.63, 3.8) is 0 Å². The summed E-state index contributed by atoms with van der Waals surface area (Å²) in [7, 11) is 0. The van der Waals surface area contributed by atoms with Gasteiger partial charge in [-0.3, -0.25) is 0 Å². The fourth-order valence-corrected chi connectivity index (χ4v) is 1.36. The van der Waals surface area contributed by atoms with Gasteiger partial charge in [-0.15, -0.1) is 6.58 Å². The van der Waals surface area contributed by atoms with E-state index in [4.69, 9.17) is 4.74 Å². The number of nitrogens with one attached hydrogen (secondary N) is 1. The number of hydrogen-bond donors (Lipinski definition) is 1. The number of para-hydroxylation sites is 1. The Kier molecular flexibility index (Phi) is 5.12. The van der Waals surface area contributed by atoms with Crippen LogP contribution in [-0.2, 0) is 9.53 Å². The summed E-state index contributed by atoms with van der Waals surface area (Å²) in [6.45, 7) is 5.83. The van der Waals surface area contributed by atoms with Gasteiger partial charge in [0.1, 0.15) is 6.04 Å². The molecule has 0 aliphatic rings. The van der Waals surface area contributed by atoms with Crippen LogP contribution >= 0.6 is 0 Å². The van der Waals surface area contributed by atoms with Gasteiger partial charge >= 0.3 is 5.97 Å². The predicted molar refractivity (Wildman–Crippen MR) is 65.3 cm³/mol. The maximum atomic E-state index is 11.6. The molecule has 1 rings (SSSR count). The minimum absolute atomic E-state index is 0.244. The number of carbonyl (C=O) groups excluding carboxylic acids is 1. The molecular formula is C13H17NO2. The molecule has 0 bridgehead atoms. The summed E-state index contributed by atoms with van der Waals surface area (Å²) in [4.78, 5) is 11.6. The van der Waals surface area contributed by atoms with Gasteiger partial charge < -0.3 is 10.1 Å². The molecule has 0 saturated carbocycles. The molecule has 0 aliphatic heterocycles. The van der Waals surface area contributed by atoms with Gasteiger partial charge in [-0.05, 0) is 25.5 Å². The number of carbonyl (C=O) groups is 1. The molecule has 0 saturated heterocycles. The van der Waals surface area contributed by atoms with Crippen LogP contribution in [0.4, 0.5) is 5.69 Å². The Morgan fingerprint density at radius 2 is 2.19 bits per heavy atom. The van der Waals surface area contributed by atoms with E-state index < -0.39 is 0 Å². The van der Waals surface area contributed by atoms with E-state index in [9.17, 15) is 4.79 Å². The highest BCUT2D eigenvalue weighted by Crippen LogP contribution is 2.10. The van der Waals surface area contributed by atoms with Crippen LogP contribution in [-0.4, -0.2) is 18.6 Å². The fourth-order valence-electron chi connectivity index (χ4n) is 1.36. The molecule has 0 spiro atoms. The lowest BCUT2D eigenvalue weighted by Gasteiger charge is -2.16. The van der Waals surface area contributed by atoms with Crippen LogP contribution in [0.5, 0.6) is 0 Å². The van der Waals surface area contributed by atoms with E-state index in [-0.39, 0.29) is 12.0 Å². The first-order chi connectivity index (χ1) is 7.77. The number of benzene rings is 1. The highest BCUT2D eigenvalue weighted by molar-refractivity contribution is 5.79. The maximum absolute atomic E-state index is 11.6. The Morgan fingerprint density at radius 1 is 1.50 bits per heavy atom. The highest BCUT2D eigenvalue weighted by atomic mass is 16.5. The molecule has 0 fully saturated rings. The lowest BCUT2D eigenvalue weighted by molar-refractivity contribution is -0.143.